The van der Waals surface area contributed by atoms with E-state index in [1.165, 1.54) is 25.9 Å². The van der Waals surface area contributed by atoms with E-state index in [0.717, 1.165) is 49.5 Å². The van der Waals surface area contributed by atoms with Crippen LogP contribution < -0.4 is 10.5 Å². The molecule has 2 aliphatic rings. The first-order valence-corrected chi connectivity index (χ1v) is 11.0. The fraction of sp³-hybridized carbons (Fsp3) is 0.500. The van der Waals surface area contributed by atoms with Gasteiger partial charge in [0.2, 0.25) is 5.91 Å². The van der Waals surface area contributed by atoms with Crippen molar-refractivity contribution in [2.24, 2.45) is 5.73 Å². The Balaban J connectivity index is 1.44. The van der Waals surface area contributed by atoms with E-state index in [-0.39, 0.29) is 5.91 Å². The molecule has 160 valence electrons. The van der Waals surface area contributed by atoms with Gasteiger partial charge in [-0.2, -0.15) is 0 Å². The summed E-state index contributed by atoms with van der Waals surface area (Å²) in [6.45, 7) is 6.30. The molecule has 6 nitrogen and oxygen atoms in total. The zero-order valence-electron chi connectivity index (χ0n) is 17.6. The summed E-state index contributed by atoms with van der Waals surface area (Å²) in [6, 6.07) is 13.9. The maximum absolute atomic E-state index is 12.5. The molecule has 1 aromatic carbocycles. The van der Waals surface area contributed by atoms with Crippen LogP contribution in [0.15, 0.2) is 48.7 Å². The number of carbonyl (C=O) groups is 1. The summed E-state index contributed by atoms with van der Waals surface area (Å²) in [7, 11) is 0. The molecule has 0 unspecified atom stereocenters. The van der Waals surface area contributed by atoms with Crippen molar-refractivity contribution in [1.29, 1.82) is 0 Å². The van der Waals surface area contributed by atoms with Crippen LogP contribution in [-0.2, 0) is 16.8 Å². The molecule has 0 bridgehead atoms. The van der Waals surface area contributed by atoms with Gasteiger partial charge >= 0.3 is 0 Å². The van der Waals surface area contributed by atoms with Crippen molar-refractivity contribution in [1.82, 2.24) is 14.8 Å². The lowest BCUT2D eigenvalue weighted by Crippen LogP contribution is -2.53. The van der Waals surface area contributed by atoms with E-state index in [1.54, 1.807) is 6.20 Å². The molecular formula is C24H32N4O2. The highest BCUT2D eigenvalue weighted by Gasteiger charge is 2.43. The van der Waals surface area contributed by atoms with Gasteiger partial charge in [-0.1, -0.05) is 24.3 Å². The maximum Gasteiger partial charge on any atom is 0.230 e. The predicted molar refractivity (Wildman–Crippen MR) is 117 cm³/mol. The number of hydrogen-bond donors (Lipinski definition) is 1. The molecular weight excluding hydrogens is 376 g/mol. The van der Waals surface area contributed by atoms with E-state index in [2.05, 4.69) is 20.9 Å². The SMILES string of the molecule is NC(=O)[C@]1(c2ccccn2)CCCN(Cc2ccccc2OCCN2CCCC2)C1. The number of carbonyl (C=O) groups excluding carboxylic acids is 1. The van der Waals surface area contributed by atoms with E-state index >= 15 is 0 Å². The van der Waals surface area contributed by atoms with Crippen LogP contribution in [0.4, 0.5) is 0 Å². The fourth-order valence-electron chi connectivity index (χ4n) is 4.77. The van der Waals surface area contributed by atoms with Crippen LogP contribution >= 0.6 is 0 Å². The van der Waals surface area contributed by atoms with Gasteiger partial charge in [-0.15, -0.1) is 0 Å². The number of aromatic nitrogens is 1. The van der Waals surface area contributed by atoms with E-state index in [4.69, 9.17) is 10.5 Å². The van der Waals surface area contributed by atoms with Crippen LogP contribution in [0.25, 0.3) is 0 Å². The molecule has 1 aromatic heterocycles. The Morgan fingerprint density at radius 1 is 1.03 bits per heavy atom. The minimum Gasteiger partial charge on any atom is -0.492 e. The van der Waals surface area contributed by atoms with Crippen molar-refractivity contribution < 1.29 is 9.53 Å². The average molecular weight is 409 g/mol. The number of ether oxygens (including phenoxy) is 1. The number of hydrogen-bond acceptors (Lipinski definition) is 5. The van der Waals surface area contributed by atoms with E-state index in [1.807, 2.05) is 36.4 Å². The molecule has 1 amide bonds. The third kappa shape index (κ3) is 4.65. The summed E-state index contributed by atoms with van der Waals surface area (Å²) in [5, 5.41) is 0. The third-order valence-electron chi connectivity index (χ3n) is 6.43. The number of para-hydroxylation sites is 1. The van der Waals surface area contributed by atoms with Gasteiger partial charge in [0.1, 0.15) is 17.8 Å². The highest BCUT2D eigenvalue weighted by Crippen LogP contribution is 2.34. The molecule has 0 saturated carbocycles. The number of primary amides is 1. The van der Waals surface area contributed by atoms with E-state index in [0.29, 0.717) is 13.2 Å². The smallest absolute Gasteiger partial charge is 0.230 e. The zero-order chi connectivity index (χ0) is 20.8. The molecule has 0 aliphatic carbocycles. The van der Waals surface area contributed by atoms with Gasteiger partial charge in [-0.05, 0) is 63.5 Å². The molecule has 0 spiro atoms. The number of nitrogens with zero attached hydrogens (tertiary/aromatic N) is 3. The quantitative estimate of drug-likeness (QED) is 0.727. The monoisotopic (exact) mass is 408 g/mol. The topological polar surface area (TPSA) is 71.7 Å². The lowest BCUT2D eigenvalue weighted by atomic mass is 9.76. The summed E-state index contributed by atoms with van der Waals surface area (Å²) in [5.41, 5.74) is 7.11. The molecule has 0 radical (unpaired) electrons. The van der Waals surface area contributed by atoms with Crippen molar-refractivity contribution in [2.75, 3.05) is 39.3 Å². The number of piperidine rings is 1. The molecule has 2 aromatic rings. The Kier molecular flexibility index (Phi) is 6.65. The largest absolute Gasteiger partial charge is 0.492 e. The van der Waals surface area contributed by atoms with Crippen molar-refractivity contribution in [3.63, 3.8) is 0 Å². The van der Waals surface area contributed by atoms with Crippen LogP contribution in [0.3, 0.4) is 0 Å². The second kappa shape index (κ2) is 9.58. The molecule has 6 heteroatoms. The summed E-state index contributed by atoms with van der Waals surface area (Å²) < 4.78 is 6.15. The maximum atomic E-state index is 12.5. The zero-order valence-corrected chi connectivity index (χ0v) is 17.6. The summed E-state index contributed by atoms with van der Waals surface area (Å²) in [4.78, 5) is 21.8. The average Bonchev–Trinajstić information content (AvgIpc) is 3.29. The number of nitrogens with two attached hydrogens (primary N) is 1. The number of pyridine rings is 1. The number of amides is 1. The van der Waals surface area contributed by atoms with Crippen molar-refractivity contribution >= 4 is 5.91 Å². The normalized spacial score (nSPS) is 22.8. The number of rotatable bonds is 8. The van der Waals surface area contributed by atoms with E-state index < -0.39 is 5.41 Å². The minimum absolute atomic E-state index is 0.291. The molecule has 2 fully saturated rings. The summed E-state index contributed by atoms with van der Waals surface area (Å²) >= 11 is 0. The standard InChI is InChI=1S/C24H32N4O2/c25-23(29)24(22-10-3-4-12-26-22)11-7-15-28(19-24)18-20-8-1-2-9-21(20)30-17-16-27-13-5-6-14-27/h1-4,8-10,12H,5-7,11,13-19H2,(H2,25,29)/t24-/m1/s1. The van der Waals surface area contributed by atoms with Gasteiger partial charge in [0, 0.05) is 31.4 Å². The lowest BCUT2D eigenvalue weighted by molar-refractivity contribution is -0.126. The fourth-order valence-corrected chi connectivity index (χ4v) is 4.77. The molecule has 2 aliphatic heterocycles. The van der Waals surface area contributed by atoms with Gasteiger partial charge in [-0.3, -0.25) is 19.6 Å². The molecule has 2 N–H and O–H groups in total. The van der Waals surface area contributed by atoms with Crippen LogP contribution in [-0.4, -0.2) is 60.0 Å². The highest BCUT2D eigenvalue weighted by atomic mass is 16.5. The Hall–Kier alpha value is -2.44. The highest BCUT2D eigenvalue weighted by molar-refractivity contribution is 5.86. The first kappa shape index (κ1) is 20.8. The van der Waals surface area contributed by atoms with Crippen LogP contribution in [0, 0.1) is 0 Å². The van der Waals surface area contributed by atoms with Crippen LogP contribution in [0.1, 0.15) is 36.9 Å². The van der Waals surface area contributed by atoms with Gasteiger partial charge < -0.3 is 10.5 Å². The lowest BCUT2D eigenvalue weighted by Gasteiger charge is -2.40. The Bertz CT molecular complexity index is 838. The van der Waals surface area contributed by atoms with Gasteiger partial charge in [0.15, 0.2) is 0 Å². The summed E-state index contributed by atoms with van der Waals surface area (Å²) in [6.07, 6.45) is 5.98. The van der Waals surface area contributed by atoms with Crippen molar-refractivity contribution in [3.8, 4) is 5.75 Å². The number of benzene rings is 1. The van der Waals surface area contributed by atoms with Gasteiger partial charge in [0.25, 0.3) is 0 Å². The van der Waals surface area contributed by atoms with Crippen LogP contribution in [0.2, 0.25) is 0 Å². The Labute approximate surface area is 179 Å². The van der Waals surface area contributed by atoms with E-state index in [9.17, 15) is 4.79 Å². The minimum atomic E-state index is -0.731. The molecule has 3 heterocycles. The van der Waals surface area contributed by atoms with Gasteiger partial charge in [-0.25, -0.2) is 0 Å². The van der Waals surface area contributed by atoms with Crippen molar-refractivity contribution in [3.05, 3.63) is 59.9 Å². The molecule has 30 heavy (non-hydrogen) atoms. The van der Waals surface area contributed by atoms with Gasteiger partial charge in [0.05, 0.1) is 5.69 Å². The molecule has 2 saturated heterocycles. The third-order valence-corrected chi connectivity index (χ3v) is 6.43. The van der Waals surface area contributed by atoms with Crippen molar-refractivity contribution in [2.45, 2.75) is 37.6 Å². The second-order valence-electron chi connectivity index (χ2n) is 8.48. The number of likely N-dealkylation sites (tertiary alicyclic amines) is 2. The summed E-state index contributed by atoms with van der Waals surface area (Å²) in [5.74, 6) is 0.644. The Morgan fingerprint density at radius 2 is 1.80 bits per heavy atom. The second-order valence-corrected chi connectivity index (χ2v) is 8.48. The predicted octanol–water partition coefficient (Wildman–Crippen LogP) is 2.58. The van der Waals surface area contributed by atoms with Crippen LogP contribution in [0.5, 0.6) is 5.75 Å². The first-order valence-electron chi connectivity index (χ1n) is 11.0. The Morgan fingerprint density at radius 3 is 2.57 bits per heavy atom. The molecule has 1 atom stereocenters. The first-order chi connectivity index (χ1) is 14.7. The molecule has 4 rings (SSSR count).